The normalized spacial score (nSPS) is 12.4. The number of rotatable bonds is 1. The predicted molar refractivity (Wildman–Crippen MR) is 63.2 cm³/mol. The maximum absolute atomic E-state index is 13.4. The van der Waals surface area contributed by atoms with Crippen LogP contribution < -0.4 is 17.2 Å². The van der Waals surface area contributed by atoms with Crippen molar-refractivity contribution in [3.63, 3.8) is 0 Å². The van der Waals surface area contributed by atoms with E-state index in [4.69, 9.17) is 17.2 Å². The maximum Gasteiger partial charge on any atom is 0.416 e. The van der Waals surface area contributed by atoms with Gasteiger partial charge in [-0.1, -0.05) is 0 Å². The Kier molecular flexibility index (Phi) is 3.98. The first kappa shape index (κ1) is 14.7. The molecule has 0 bridgehead atoms. The van der Waals surface area contributed by atoms with Gasteiger partial charge in [0, 0.05) is 0 Å². The van der Waals surface area contributed by atoms with Crippen LogP contribution in [0.5, 0.6) is 0 Å². The van der Waals surface area contributed by atoms with Crippen molar-refractivity contribution in [2.24, 2.45) is 27.2 Å². The molecule has 0 unspecified atom stereocenters. The van der Waals surface area contributed by atoms with Gasteiger partial charge in [-0.05, 0) is 24.6 Å². The predicted octanol–water partition coefficient (Wildman–Crippen LogP) is 1.37. The fourth-order valence-corrected chi connectivity index (χ4v) is 1.31. The molecular formula is C10H11F4N5. The molecule has 9 heteroatoms. The summed E-state index contributed by atoms with van der Waals surface area (Å²) in [5.74, 6) is -1.94. The summed E-state index contributed by atoms with van der Waals surface area (Å²) in [5, 5.41) is 0. The summed E-state index contributed by atoms with van der Waals surface area (Å²) < 4.78 is 51.3. The van der Waals surface area contributed by atoms with E-state index in [1.807, 2.05) is 0 Å². The number of hydrogen-bond donors (Lipinski definition) is 3. The molecule has 0 amide bonds. The molecule has 5 nitrogen and oxygen atoms in total. The van der Waals surface area contributed by atoms with E-state index in [-0.39, 0.29) is 5.69 Å². The molecule has 0 radical (unpaired) electrons. The van der Waals surface area contributed by atoms with Gasteiger partial charge in [0.05, 0.1) is 11.3 Å². The van der Waals surface area contributed by atoms with E-state index in [1.165, 1.54) is 0 Å². The highest BCUT2D eigenvalue weighted by molar-refractivity contribution is 5.93. The Morgan fingerprint density at radius 2 is 1.74 bits per heavy atom. The van der Waals surface area contributed by atoms with Crippen LogP contribution in [0.15, 0.2) is 22.1 Å². The average molecular weight is 277 g/mol. The van der Waals surface area contributed by atoms with Crippen molar-refractivity contribution < 1.29 is 17.6 Å². The van der Waals surface area contributed by atoms with Gasteiger partial charge in [-0.25, -0.2) is 9.38 Å². The lowest BCUT2D eigenvalue weighted by Gasteiger charge is -2.11. The molecule has 6 N–H and O–H groups in total. The first-order valence-corrected chi connectivity index (χ1v) is 4.92. The molecule has 1 aromatic rings. The minimum atomic E-state index is -4.69. The third-order valence-corrected chi connectivity index (χ3v) is 2.12. The summed E-state index contributed by atoms with van der Waals surface area (Å²) in [6.07, 6.45) is -4.69. The number of aliphatic imine (C=N–C) groups is 2. The Bertz CT molecular complexity index is 544. The van der Waals surface area contributed by atoms with Crippen LogP contribution in [0.4, 0.5) is 23.2 Å². The number of hydrogen-bond acceptors (Lipinski definition) is 1. The number of benzene rings is 1. The maximum atomic E-state index is 13.4. The summed E-state index contributed by atoms with van der Waals surface area (Å²) in [5.41, 5.74) is 13.3. The minimum absolute atomic E-state index is 0.335. The van der Waals surface area contributed by atoms with Crippen LogP contribution in [0.25, 0.3) is 0 Å². The molecule has 0 saturated carbocycles. The molecule has 1 rings (SSSR count). The highest BCUT2D eigenvalue weighted by atomic mass is 19.4. The minimum Gasteiger partial charge on any atom is -0.370 e. The Hall–Kier alpha value is -2.32. The van der Waals surface area contributed by atoms with Crippen LogP contribution >= 0.6 is 0 Å². The topological polar surface area (TPSA) is 103 Å². The number of halogens is 4. The van der Waals surface area contributed by atoms with E-state index in [1.54, 1.807) is 0 Å². The standard InChI is InChI=1S/C10H11F4N5/c1-4-6(10(12,13)14)2-5(3-7(4)11)18-9(17)19-8(15)16/h2-3H,1H3,(H6,15,16,17,18,19). The first-order chi connectivity index (χ1) is 8.61. The van der Waals surface area contributed by atoms with Gasteiger partial charge in [-0.15, -0.1) is 0 Å². The highest BCUT2D eigenvalue weighted by Gasteiger charge is 2.33. The SMILES string of the molecule is Cc1c(F)cc(N=C(N)N=C(N)N)cc1C(F)(F)F. The Morgan fingerprint density at radius 3 is 2.21 bits per heavy atom. The molecule has 0 heterocycles. The van der Waals surface area contributed by atoms with E-state index in [9.17, 15) is 17.6 Å². The zero-order valence-corrected chi connectivity index (χ0v) is 9.79. The number of nitrogens with two attached hydrogens (primary N) is 3. The van der Waals surface area contributed by atoms with Gasteiger partial charge in [0.1, 0.15) is 5.82 Å². The quantitative estimate of drug-likeness (QED) is 0.410. The number of nitrogens with zero attached hydrogens (tertiary/aromatic N) is 2. The average Bonchev–Trinajstić information content (AvgIpc) is 2.20. The van der Waals surface area contributed by atoms with Gasteiger partial charge in [0.15, 0.2) is 5.96 Å². The van der Waals surface area contributed by atoms with Gasteiger partial charge in [0.2, 0.25) is 5.96 Å². The Balaban J connectivity index is 3.33. The van der Waals surface area contributed by atoms with E-state index in [0.717, 1.165) is 13.0 Å². The van der Waals surface area contributed by atoms with Gasteiger partial charge in [-0.2, -0.15) is 18.2 Å². The zero-order valence-electron chi connectivity index (χ0n) is 9.79. The molecule has 0 aliphatic rings. The van der Waals surface area contributed by atoms with Crippen molar-refractivity contribution in [3.8, 4) is 0 Å². The van der Waals surface area contributed by atoms with E-state index >= 15 is 0 Å². The highest BCUT2D eigenvalue weighted by Crippen LogP contribution is 2.35. The molecule has 0 fully saturated rings. The molecule has 0 spiro atoms. The third kappa shape index (κ3) is 3.83. The monoisotopic (exact) mass is 277 g/mol. The number of alkyl halides is 3. The van der Waals surface area contributed by atoms with Crippen molar-refractivity contribution in [1.82, 2.24) is 0 Å². The van der Waals surface area contributed by atoms with Crippen LogP contribution in [-0.4, -0.2) is 11.9 Å². The van der Waals surface area contributed by atoms with E-state index < -0.39 is 35.0 Å². The first-order valence-electron chi connectivity index (χ1n) is 4.92. The third-order valence-electron chi connectivity index (χ3n) is 2.12. The summed E-state index contributed by atoms with van der Waals surface area (Å²) in [4.78, 5) is 6.80. The summed E-state index contributed by atoms with van der Waals surface area (Å²) in [6.45, 7) is 1.02. The lowest BCUT2D eigenvalue weighted by atomic mass is 10.1. The molecule has 0 aliphatic carbocycles. The van der Waals surface area contributed by atoms with Crippen LogP contribution in [-0.2, 0) is 6.18 Å². The van der Waals surface area contributed by atoms with Crippen molar-refractivity contribution in [2.75, 3.05) is 0 Å². The van der Waals surface area contributed by atoms with Crippen LogP contribution in [0.3, 0.4) is 0 Å². The van der Waals surface area contributed by atoms with Crippen LogP contribution in [0.1, 0.15) is 11.1 Å². The zero-order chi connectivity index (χ0) is 14.8. The molecule has 104 valence electrons. The molecule has 19 heavy (non-hydrogen) atoms. The smallest absolute Gasteiger partial charge is 0.370 e. The van der Waals surface area contributed by atoms with Gasteiger partial charge >= 0.3 is 6.18 Å². The lowest BCUT2D eigenvalue weighted by Crippen LogP contribution is -2.26. The van der Waals surface area contributed by atoms with Crippen LogP contribution in [0, 0.1) is 12.7 Å². The van der Waals surface area contributed by atoms with E-state index in [0.29, 0.717) is 6.07 Å². The molecular weight excluding hydrogens is 266 g/mol. The largest absolute Gasteiger partial charge is 0.416 e. The summed E-state index contributed by atoms with van der Waals surface area (Å²) >= 11 is 0. The summed E-state index contributed by atoms with van der Waals surface area (Å²) in [7, 11) is 0. The molecule has 1 aromatic carbocycles. The van der Waals surface area contributed by atoms with Gasteiger partial charge in [-0.3, -0.25) is 0 Å². The second-order valence-corrected chi connectivity index (χ2v) is 3.60. The molecule has 0 aliphatic heterocycles. The van der Waals surface area contributed by atoms with E-state index in [2.05, 4.69) is 9.98 Å². The Labute approximate surface area is 105 Å². The Morgan fingerprint density at radius 1 is 1.16 bits per heavy atom. The molecule has 0 atom stereocenters. The molecule has 0 saturated heterocycles. The van der Waals surface area contributed by atoms with Gasteiger partial charge < -0.3 is 17.2 Å². The van der Waals surface area contributed by atoms with Crippen molar-refractivity contribution in [2.45, 2.75) is 13.1 Å². The van der Waals surface area contributed by atoms with Gasteiger partial charge in [0.25, 0.3) is 0 Å². The number of guanidine groups is 2. The lowest BCUT2D eigenvalue weighted by molar-refractivity contribution is -0.138. The second kappa shape index (κ2) is 5.12. The fraction of sp³-hybridized carbons (Fsp3) is 0.200. The second-order valence-electron chi connectivity index (χ2n) is 3.60. The fourth-order valence-electron chi connectivity index (χ4n) is 1.31. The molecule has 0 aromatic heterocycles. The van der Waals surface area contributed by atoms with Crippen molar-refractivity contribution >= 4 is 17.6 Å². The van der Waals surface area contributed by atoms with Crippen molar-refractivity contribution in [3.05, 3.63) is 29.1 Å². The summed E-state index contributed by atoms with van der Waals surface area (Å²) in [6, 6.07) is 1.47. The van der Waals surface area contributed by atoms with Crippen molar-refractivity contribution in [1.29, 1.82) is 0 Å². The van der Waals surface area contributed by atoms with Crippen LogP contribution in [0.2, 0.25) is 0 Å².